The predicted octanol–water partition coefficient (Wildman–Crippen LogP) is 8.85. The number of rotatable bonds is 11. The molecule has 4 aromatic rings. The van der Waals surface area contributed by atoms with E-state index in [0.717, 1.165) is 43.1 Å². The monoisotopic (exact) mass is 598 g/mol. The molecule has 1 aliphatic rings. The van der Waals surface area contributed by atoms with Crippen LogP contribution >= 0.6 is 34.5 Å². The van der Waals surface area contributed by atoms with Crippen molar-refractivity contribution >= 4 is 73.0 Å². The Hall–Kier alpha value is -2.65. The molecule has 0 amide bonds. The molecule has 5 rings (SSSR count). The first-order valence-electron chi connectivity index (χ1n) is 13.7. The number of aromatic nitrogens is 1. The van der Waals surface area contributed by atoms with Gasteiger partial charge in [0.15, 0.2) is 6.54 Å². The van der Waals surface area contributed by atoms with Gasteiger partial charge in [-0.3, -0.25) is 0 Å². The minimum atomic E-state index is -0.297. The third-order valence-corrected chi connectivity index (χ3v) is 9.11. The highest BCUT2D eigenvalue weighted by atomic mass is 35.5. The molecule has 0 spiro atoms. The van der Waals surface area contributed by atoms with Crippen LogP contribution in [0.25, 0.3) is 27.1 Å². The smallest absolute Gasteiger partial charge is 0.262 e. The molecule has 9 heteroatoms. The lowest BCUT2D eigenvalue weighted by atomic mass is 10.1. The van der Waals surface area contributed by atoms with Crippen molar-refractivity contribution in [2.75, 3.05) is 22.9 Å². The number of unbranched alkanes of at least 4 members (excludes halogenated alkanes) is 1. The first kappa shape index (κ1) is 28.9. The summed E-state index contributed by atoms with van der Waals surface area (Å²) in [4.78, 5) is 9.35. The Morgan fingerprint density at radius 2 is 1.80 bits per heavy atom. The molecule has 1 unspecified atom stereocenters. The summed E-state index contributed by atoms with van der Waals surface area (Å²) in [6.45, 7) is 8.57. The van der Waals surface area contributed by atoms with E-state index in [1.54, 1.807) is 0 Å². The zero-order valence-corrected chi connectivity index (χ0v) is 25.3. The second-order valence-corrected chi connectivity index (χ2v) is 11.8. The van der Waals surface area contributed by atoms with E-state index in [1.807, 2.05) is 30.4 Å². The van der Waals surface area contributed by atoms with Crippen LogP contribution in [0.2, 0.25) is 10.0 Å². The van der Waals surface area contributed by atoms with Crippen molar-refractivity contribution in [1.82, 2.24) is 0 Å². The van der Waals surface area contributed by atoms with Crippen molar-refractivity contribution in [1.29, 1.82) is 0 Å². The second-order valence-electron chi connectivity index (χ2n) is 9.88. The number of aryl methyl sites for hydroxylation is 1. The number of nitrogens with zero attached hydrogens (tertiary/aromatic N) is 3. The van der Waals surface area contributed by atoms with E-state index in [1.165, 1.54) is 26.0 Å². The third kappa shape index (κ3) is 5.73. The molecule has 1 N–H and O–H groups in total. The van der Waals surface area contributed by atoms with Gasteiger partial charge in [0.25, 0.3) is 5.01 Å². The van der Waals surface area contributed by atoms with Gasteiger partial charge in [0, 0.05) is 25.6 Å². The Labute approximate surface area is 249 Å². The highest BCUT2D eigenvalue weighted by Gasteiger charge is 2.31. The molecule has 3 aromatic carbocycles. The third-order valence-electron chi connectivity index (χ3n) is 7.27. The van der Waals surface area contributed by atoms with E-state index in [-0.39, 0.29) is 6.10 Å². The van der Waals surface area contributed by atoms with Crippen LogP contribution in [0.5, 0.6) is 0 Å². The molecule has 1 aromatic heterocycles. The Bertz CT molecular complexity index is 1570. The van der Waals surface area contributed by atoms with Gasteiger partial charge in [0.05, 0.1) is 32.9 Å². The number of benzene rings is 3. The van der Waals surface area contributed by atoms with Crippen LogP contribution in [0, 0.1) is 0 Å². The van der Waals surface area contributed by atoms with Crippen LogP contribution in [0.4, 0.5) is 11.4 Å². The standard InChI is InChI=1S/C31H33Cl2N3O3S/c1-4-6-17-36-30(40-28-15-14-22-10-7-8-11-23(22)31(28)36)13-9-12-29-34(5-2)26-19-24(32)25(33)20-27(26)35(29)18-16-21(3)38-39-37/h7-15,19-21H,4-6,16-18H2,1-3H3/p+1. The van der Waals surface area contributed by atoms with E-state index < -0.39 is 0 Å². The number of fused-ring (bicyclic) bond motifs is 4. The fourth-order valence-electron chi connectivity index (χ4n) is 5.28. The van der Waals surface area contributed by atoms with Crippen molar-refractivity contribution in [3.05, 3.63) is 81.6 Å². The van der Waals surface area contributed by atoms with Crippen molar-refractivity contribution in [2.45, 2.75) is 52.7 Å². The van der Waals surface area contributed by atoms with E-state index in [0.29, 0.717) is 23.0 Å². The topological polar surface area (TPSA) is 49.0 Å². The first-order chi connectivity index (χ1) is 19.5. The maximum Gasteiger partial charge on any atom is 0.262 e. The summed E-state index contributed by atoms with van der Waals surface area (Å²) < 4.78 is 3.75. The number of anilines is 2. The van der Waals surface area contributed by atoms with Crippen molar-refractivity contribution in [3.63, 3.8) is 0 Å². The van der Waals surface area contributed by atoms with Crippen molar-refractivity contribution in [3.8, 4) is 0 Å². The lowest BCUT2D eigenvalue weighted by Crippen LogP contribution is -2.35. The van der Waals surface area contributed by atoms with Crippen molar-refractivity contribution in [2.24, 2.45) is 0 Å². The molecule has 6 nitrogen and oxygen atoms in total. The fourth-order valence-corrected chi connectivity index (χ4v) is 6.72. The van der Waals surface area contributed by atoms with Gasteiger partial charge < -0.3 is 9.80 Å². The largest absolute Gasteiger partial charge is 0.326 e. The van der Waals surface area contributed by atoms with E-state index in [2.05, 4.69) is 87.9 Å². The fraction of sp³-hybridized carbons (Fsp3) is 0.323. The van der Waals surface area contributed by atoms with Crippen LogP contribution in [0.15, 0.2) is 66.5 Å². The van der Waals surface area contributed by atoms with Gasteiger partial charge in [-0.05, 0) is 56.0 Å². The lowest BCUT2D eigenvalue weighted by molar-refractivity contribution is -0.668. The SMILES string of the molecule is CCCC[n+]1c(/C=C/C=C2\N(CC)c3cc(Cl)c(Cl)cc3N2CCC(C)OOO)sc2ccc3ccccc3c21. The summed E-state index contributed by atoms with van der Waals surface area (Å²) in [6.07, 6.45) is 9.07. The molecule has 1 atom stereocenters. The van der Waals surface area contributed by atoms with Gasteiger partial charge in [0.2, 0.25) is 5.52 Å². The average molecular weight is 600 g/mol. The average Bonchev–Trinajstić information content (AvgIpc) is 3.45. The minimum Gasteiger partial charge on any atom is -0.326 e. The molecule has 0 fully saturated rings. The van der Waals surface area contributed by atoms with Crippen LogP contribution < -0.4 is 14.4 Å². The number of hydrogen-bond acceptors (Lipinski definition) is 6. The first-order valence-corrected chi connectivity index (χ1v) is 15.3. The summed E-state index contributed by atoms with van der Waals surface area (Å²) in [7, 11) is 0. The highest BCUT2D eigenvalue weighted by Crippen LogP contribution is 2.45. The van der Waals surface area contributed by atoms with Gasteiger partial charge >= 0.3 is 0 Å². The number of thiazole rings is 1. The van der Waals surface area contributed by atoms with Gasteiger partial charge in [-0.15, -0.1) is 0 Å². The number of halogens is 2. The molecule has 0 bridgehead atoms. The lowest BCUT2D eigenvalue weighted by Gasteiger charge is -2.25. The molecule has 210 valence electrons. The normalized spacial score (nSPS) is 15.3. The molecule has 1 aliphatic heterocycles. The van der Waals surface area contributed by atoms with Gasteiger partial charge in [-0.25, -0.2) is 10.1 Å². The molecular weight excluding hydrogens is 565 g/mol. The molecule has 2 heterocycles. The van der Waals surface area contributed by atoms with E-state index in [4.69, 9.17) is 33.3 Å². The Balaban J connectivity index is 1.54. The molecular formula is C31H34Cl2N3O3S+. The van der Waals surface area contributed by atoms with Crippen LogP contribution in [0.1, 0.15) is 45.0 Å². The van der Waals surface area contributed by atoms with Gasteiger partial charge in [-0.2, -0.15) is 4.57 Å². The Morgan fingerprint density at radius 3 is 2.52 bits per heavy atom. The maximum atomic E-state index is 8.70. The quantitative estimate of drug-likeness (QED) is 0.106. The number of allylic oxidation sites excluding steroid dienone is 2. The van der Waals surface area contributed by atoms with Crippen molar-refractivity contribution < 1.29 is 19.8 Å². The maximum absolute atomic E-state index is 8.70. The minimum absolute atomic E-state index is 0.297. The van der Waals surface area contributed by atoms with Crippen LogP contribution in [0.3, 0.4) is 0 Å². The molecule has 0 saturated heterocycles. The zero-order valence-electron chi connectivity index (χ0n) is 22.9. The predicted molar refractivity (Wildman–Crippen MR) is 167 cm³/mol. The summed E-state index contributed by atoms with van der Waals surface area (Å²) in [6, 6.07) is 16.9. The van der Waals surface area contributed by atoms with Crippen LogP contribution in [-0.4, -0.2) is 24.5 Å². The zero-order chi connectivity index (χ0) is 28.2. The van der Waals surface area contributed by atoms with Gasteiger partial charge in [-0.1, -0.05) is 83.3 Å². The molecule has 0 radical (unpaired) electrons. The number of hydrogen-bond donors (Lipinski definition) is 1. The summed E-state index contributed by atoms with van der Waals surface area (Å²) in [5, 5.41) is 17.4. The van der Waals surface area contributed by atoms with Gasteiger partial charge in [0.1, 0.15) is 10.5 Å². The molecule has 0 saturated carbocycles. The van der Waals surface area contributed by atoms with E-state index >= 15 is 0 Å². The Kier molecular flexibility index (Phi) is 9.31. The Morgan fingerprint density at radius 1 is 1.05 bits per heavy atom. The summed E-state index contributed by atoms with van der Waals surface area (Å²) >= 11 is 14.7. The molecule has 40 heavy (non-hydrogen) atoms. The second kappa shape index (κ2) is 12.9. The summed E-state index contributed by atoms with van der Waals surface area (Å²) in [5.41, 5.74) is 3.30. The molecule has 0 aliphatic carbocycles. The van der Waals surface area contributed by atoms with Crippen LogP contribution in [-0.2, 0) is 16.5 Å². The van der Waals surface area contributed by atoms with E-state index in [9.17, 15) is 0 Å². The highest BCUT2D eigenvalue weighted by molar-refractivity contribution is 7.19. The summed E-state index contributed by atoms with van der Waals surface area (Å²) in [5.74, 6) is 1.02.